The largest absolute Gasteiger partial charge is 0.361 e. The van der Waals surface area contributed by atoms with E-state index in [0.717, 1.165) is 10.9 Å². The van der Waals surface area contributed by atoms with Gasteiger partial charge in [-0.25, -0.2) is 0 Å². The molecule has 3 rings (SSSR count). The lowest BCUT2D eigenvalue weighted by molar-refractivity contribution is 0.102. The van der Waals surface area contributed by atoms with E-state index in [1.807, 2.05) is 18.3 Å². The Morgan fingerprint density at radius 1 is 1.39 bits per heavy atom. The van der Waals surface area contributed by atoms with Crippen molar-refractivity contribution in [2.45, 2.75) is 0 Å². The summed E-state index contributed by atoms with van der Waals surface area (Å²) in [5, 5.41) is 14.9. The molecule has 1 aromatic carbocycles. The maximum absolute atomic E-state index is 11.9. The summed E-state index contributed by atoms with van der Waals surface area (Å²) in [4.78, 5) is 16.3. The standard InChI is InChI=1S/C11H10N6O/c1-17-15-11(14-16-17)13-10(18)8-3-2-7-4-5-12-9(7)6-8/h2-6,12H,1H3,(H,13,15,18). The molecule has 2 aromatic heterocycles. The molecule has 1 amide bonds. The number of nitrogens with one attached hydrogen (secondary N) is 2. The van der Waals surface area contributed by atoms with Crippen LogP contribution in [0.4, 0.5) is 5.95 Å². The number of anilines is 1. The topological polar surface area (TPSA) is 88.5 Å². The van der Waals surface area contributed by atoms with E-state index in [-0.39, 0.29) is 11.9 Å². The summed E-state index contributed by atoms with van der Waals surface area (Å²) in [6, 6.07) is 7.36. The van der Waals surface area contributed by atoms with Crippen molar-refractivity contribution in [1.29, 1.82) is 0 Å². The molecule has 0 bridgehead atoms. The molecular formula is C11H10N6O. The van der Waals surface area contributed by atoms with Crippen LogP contribution >= 0.6 is 0 Å². The molecule has 2 N–H and O–H groups in total. The van der Waals surface area contributed by atoms with Gasteiger partial charge in [-0.1, -0.05) is 11.2 Å². The summed E-state index contributed by atoms with van der Waals surface area (Å²) >= 11 is 0. The molecule has 90 valence electrons. The van der Waals surface area contributed by atoms with E-state index in [1.54, 1.807) is 19.2 Å². The molecule has 0 spiro atoms. The van der Waals surface area contributed by atoms with E-state index in [9.17, 15) is 4.79 Å². The van der Waals surface area contributed by atoms with E-state index >= 15 is 0 Å². The first-order valence-corrected chi connectivity index (χ1v) is 5.35. The minimum Gasteiger partial charge on any atom is -0.361 e. The van der Waals surface area contributed by atoms with Gasteiger partial charge in [-0.15, -0.1) is 5.10 Å². The number of hydrogen-bond donors (Lipinski definition) is 2. The van der Waals surface area contributed by atoms with Crippen LogP contribution in [-0.2, 0) is 7.05 Å². The number of aromatic nitrogens is 5. The SMILES string of the molecule is Cn1nnc(NC(=O)c2ccc3cc[nH]c3c2)n1. The Kier molecular flexibility index (Phi) is 2.30. The first-order chi connectivity index (χ1) is 8.72. The van der Waals surface area contributed by atoms with Crippen molar-refractivity contribution >= 4 is 22.8 Å². The molecule has 7 nitrogen and oxygen atoms in total. The van der Waals surface area contributed by atoms with Gasteiger partial charge in [-0.3, -0.25) is 10.1 Å². The first-order valence-electron chi connectivity index (χ1n) is 5.35. The smallest absolute Gasteiger partial charge is 0.270 e. The summed E-state index contributed by atoms with van der Waals surface area (Å²) in [7, 11) is 1.63. The summed E-state index contributed by atoms with van der Waals surface area (Å²) < 4.78 is 0. The van der Waals surface area contributed by atoms with Crippen LogP contribution in [-0.4, -0.2) is 31.1 Å². The maximum atomic E-state index is 11.9. The van der Waals surface area contributed by atoms with Gasteiger partial charge in [0.05, 0.1) is 7.05 Å². The van der Waals surface area contributed by atoms with Gasteiger partial charge in [-0.05, 0) is 28.8 Å². The molecule has 0 saturated heterocycles. The summed E-state index contributed by atoms with van der Waals surface area (Å²) in [6.07, 6.45) is 1.83. The number of fused-ring (bicyclic) bond motifs is 1. The number of tetrazole rings is 1. The van der Waals surface area contributed by atoms with Gasteiger partial charge in [0.1, 0.15) is 0 Å². The number of hydrogen-bond acceptors (Lipinski definition) is 4. The van der Waals surface area contributed by atoms with E-state index < -0.39 is 0 Å². The fraction of sp³-hybridized carbons (Fsp3) is 0.0909. The van der Waals surface area contributed by atoms with Crippen LogP contribution < -0.4 is 5.32 Å². The fourth-order valence-corrected chi connectivity index (χ4v) is 1.70. The molecule has 0 fully saturated rings. The maximum Gasteiger partial charge on any atom is 0.270 e. The number of carbonyl (C=O) groups excluding carboxylic acids is 1. The second-order valence-electron chi connectivity index (χ2n) is 3.84. The van der Waals surface area contributed by atoms with Gasteiger partial charge < -0.3 is 4.98 Å². The normalized spacial score (nSPS) is 10.7. The Hall–Kier alpha value is -2.70. The van der Waals surface area contributed by atoms with Gasteiger partial charge in [-0.2, -0.15) is 4.80 Å². The third-order valence-electron chi connectivity index (χ3n) is 2.55. The van der Waals surface area contributed by atoms with E-state index in [1.165, 1.54) is 4.80 Å². The molecule has 3 aromatic rings. The molecule has 0 radical (unpaired) electrons. The van der Waals surface area contributed by atoms with Crippen molar-refractivity contribution in [2.24, 2.45) is 7.05 Å². The van der Waals surface area contributed by atoms with Crippen LogP contribution in [0.5, 0.6) is 0 Å². The molecule has 7 heteroatoms. The molecular weight excluding hydrogens is 232 g/mol. The lowest BCUT2D eigenvalue weighted by Gasteiger charge is -2.00. The number of amides is 1. The van der Waals surface area contributed by atoms with Gasteiger partial charge in [0, 0.05) is 17.3 Å². The average Bonchev–Trinajstić information content (AvgIpc) is 2.96. The van der Waals surface area contributed by atoms with Crippen molar-refractivity contribution < 1.29 is 4.79 Å². The molecule has 2 heterocycles. The lowest BCUT2D eigenvalue weighted by atomic mass is 10.1. The Bertz CT molecular complexity index is 713. The summed E-state index contributed by atoms with van der Waals surface area (Å²) in [5.74, 6) is -0.0754. The van der Waals surface area contributed by atoms with E-state index in [4.69, 9.17) is 0 Å². The van der Waals surface area contributed by atoms with Crippen molar-refractivity contribution in [3.8, 4) is 0 Å². The molecule has 0 aliphatic rings. The zero-order chi connectivity index (χ0) is 12.5. The molecule has 0 atom stereocenters. The third-order valence-corrected chi connectivity index (χ3v) is 2.55. The minimum absolute atomic E-state index is 0.189. The monoisotopic (exact) mass is 242 g/mol. The van der Waals surface area contributed by atoms with Gasteiger partial charge >= 0.3 is 0 Å². The van der Waals surface area contributed by atoms with Crippen LogP contribution in [0.1, 0.15) is 10.4 Å². The highest BCUT2D eigenvalue weighted by Crippen LogP contribution is 2.14. The molecule has 0 aliphatic carbocycles. The number of rotatable bonds is 2. The summed E-state index contributed by atoms with van der Waals surface area (Å²) in [5.41, 5.74) is 1.45. The number of carbonyl (C=O) groups is 1. The van der Waals surface area contributed by atoms with Crippen molar-refractivity contribution in [3.05, 3.63) is 36.0 Å². The summed E-state index contributed by atoms with van der Waals surface area (Å²) in [6.45, 7) is 0. The van der Waals surface area contributed by atoms with Gasteiger partial charge in [0.2, 0.25) is 0 Å². The van der Waals surface area contributed by atoms with E-state index in [0.29, 0.717) is 5.56 Å². The van der Waals surface area contributed by atoms with Crippen molar-refractivity contribution in [2.75, 3.05) is 5.32 Å². The Morgan fingerprint density at radius 3 is 3.06 bits per heavy atom. The molecule has 0 aliphatic heterocycles. The Balaban J connectivity index is 1.87. The molecule has 18 heavy (non-hydrogen) atoms. The van der Waals surface area contributed by atoms with Crippen LogP contribution in [0, 0.1) is 0 Å². The first kappa shape index (κ1) is 10.5. The number of benzene rings is 1. The lowest BCUT2D eigenvalue weighted by Crippen LogP contribution is -2.13. The molecule has 0 saturated carbocycles. The van der Waals surface area contributed by atoms with Crippen LogP contribution in [0.25, 0.3) is 10.9 Å². The Morgan fingerprint density at radius 2 is 2.28 bits per heavy atom. The predicted octanol–water partition coefficient (Wildman–Crippen LogP) is 0.944. The zero-order valence-electron chi connectivity index (χ0n) is 9.58. The van der Waals surface area contributed by atoms with Crippen molar-refractivity contribution in [3.63, 3.8) is 0 Å². The second-order valence-corrected chi connectivity index (χ2v) is 3.84. The highest BCUT2D eigenvalue weighted by atomic mass is 16.1. The number of H-pyrrole nitrogens is 1. The van der Waals surface area contributed by atoms with Crippen molar-refractivity contribution in [1.82, 2.24) is 25.2 Å². The van der Waals surface area contributed by atoms with E-state index in [2.05, 4.69) is 25.7 Å². The Labute approximate surface area is 102 Å². The number of nitrogens with zero attached hydrogens (tertiary/aromatic N) is 4. The van der Waals surface area contributed by atoms with Crippen LogP contribution in [0.3, 0.4) is 0 Å². The van der Waals surface area contributed by atoms with Gasteiger partial charge in [0.15, 0.2) is 0 Å². The van der Waals surface area contributed by atoms with Crippen LogP contribution in [0.15, 0.2) is 30.5 Å². The highest BCUT2D eigenvalue weighted by molar-refractivity contribution is 6.05. The average molecular weight is 242 g/mol. The van der Waals surface area contributed by atoms with Crippen LogP contribution in [0.2, 0.25) is 0 Å². The fourth-order valence-electron chi connectivity index (χ4n) is 1.70. The highest BCUT2D eigenvalue weighted by Gasteiger charge is 2.10. The van der Waals surface area contributed by atoms with Gasteiger partial charge in [0.25, 0.3) is 11.9 Å². The third kappa shape index (κ3) is 1.81. The number of aryl methyl sites for hydroxylation is 1. The quantitative estimate of drug-likeness (QED) is 0.700. The zero-order valence-corrected chi connectivity index (χ0v) is 9.58. The predicted molar refractivity (Wildman–Crippen MR) is 65.0 cm³/mol. The minimum atomic E-state index is -0.264. The number of aromatic amines is 1. The second kappa shape index (κ2) is 3.95. The molecule has 0 unspecified atom stereocenters.